The predicted molar refractivity (Wildman–Crippen MR) is 100 cm³/mol. The molecule has 0 spiro atoms. The summed E-state index contributed by atoms with van der Waals surface area (Å²) >= 11 is 3.48. The van der Waals surface area contributed by atoms with Crippen molar-refractivity contribution in [3.05, 3.63) is 70.2 Å². The minimum atomic E-state index is -0.676. The summed E-state index contributed by atoms with van der Waals surface area (Å²) in [5.41, 5.74) is 1.99. The topological polar surface area (TPSA) is 47.6 Å². The zero-order valence-corrected chi connectivity index (χ0v) is 16.0. The number of amides is 1. The summed E-state index contributed by atoms with van der Waals surface area (Å²) in [5.74, 6) is -0.728. The molecule has 1 fully saturated rings. The summed E-state index contributed by atoms with van der Waals surface area (Å²) in [7, 11) is 0. The monoisotopic (exact) mass is 403 g/mol. The van der Waals surface area contributed by atoms with Gasteiger partial charge in [0.25, 0.3) is 0 Å². The molecule has 25 heavy (non-hydrogen) atoms. The Morgan fingerprint density at radius 3 is 2.56 bits per heavy atom. The van der Waals surface area contributed by atoms with Gasteiger partial charge in [-0.2, -0.15) is 0 Å². The third kappa shape index (κ3) is 4.69. The minimum Gasteiger partial charge on any atom is -0.348 e. The van der Waals surface area contributed by atoms with Crippen molar-refractivity contribution in [1.29, 1.82) is 0 Å². The standard InChI is InChI=1S/C20H22BrNO3/c1-20(2)24-13-17(19(25-20)14-8-4-3-5-9-14)22-18(23)12-15-10-6-7-11-16(15)21/h3-11,17,19H,12-13H2,1-2H3,(H,22,23)/t17-,19-/m0/s1. The van der Waals surface area contributed by atoms with Gasteiger partial charge in [0.2, 0.25) is 5.91 Å². The van der Waals surface area contributed by atoms with Gasteiger partial charge in [0, 0.05) is 4.47 Å². The Bertz CT molecular complexity index is 733. The Morgan fingerprint density at radius 2 is 1.84 bits per heavy atom. The van der Waals surface area contributed by atoms with Gasteiger partial charge < -0.3 is 14.8 Å². The van der Waals surface area contributed by atoms with E-state index in [1.165, 1.54) is 0 Å². The maximum atomic E-state index is 12.5. The van der Waals surface area contributed by atoms with Crippen LogP contribution in [0.1, 0.15) is 31.1 Å². The Morgan fingerprint density at radius 1 is 1.16 bits per heavy atom. The Kier molecular flexibility index (Phi) is 5.57. The maximum absolute atomic E-state index is 12.5. The van der Waals surface area contributed by atoms with Crippen LogP contribution in [-0.2, 0) is 20.7 Å². The Hall–Kier alpha value is -1.69. The summed E-state index contributed by atoms with van der Waals surface area (Å²) in [6, 6.07) is 17.4. The molecular formula is C20H22BrNO3. The third-order valence-corrected chi connectivity index (χ3v) is 4.94. The number of carbonyl (C=O) groups excluding carboxylic acids is 1. The first-order valence-electron chi connectivity index (χ1n) is 8.34. The molecule has 0 saturated carbocycles. The lowest BCUT2D eigenvalue weighted by Gasteiger charge is -2.41. The predicted octanol–water partition coefficient (Wildman–Crippen LogP) is 4.00. The fraction of sp³-hybridized carbons (Fsp3) is 0.350. The molecule has 0 unspecified atom stereocenters. The molecule has 2 aromatic carbocycles. The quantitative estimate of drug-likeness (QED) is 0.838. The molecule has 1 aliphatic heterocycles. The second-order valence-electron chi connectivity index (χ2n) is 6.60. The van der Waals surface area contributed by atoms with E-state index in [4.69, 9.17) is 9.47 Å². The van der Waals surface area contributed by atoms with Gasteiger partial charge in [0.05, 0.1) is 19.1 Å². The molecule has 3 rings (SSSR count). The number of carbonyl (C=O) groups is 1. The summed E-state index contributed by atoms with van der Waals surface area (Å²) in [4.78, 5) is 12.5. The largest absolute Gasteiger partial charge is 0.348 e. The van der Waals surface area contributed by atoms with E-state index in [2.05, 4.69) is 21.2 Å². The smallest absolute Gasteiger partial charge is 0.224 e. The lowest BCUT2D eigenvalue weighted by atomic mass is 10.00. The van der Waals surface area contributed by atoms with Crippen LogP contribution in [0.5, 0.6) is 0 Å². The van der Waals surface area contributed by atoms with Crippen molar-refractivity contribution in [2.45, 2.75) is 38.2 Å². The highest BCUT2D eigenvalue weighted by Crippen LogP contribution is 2.33. The summed E-state index contributed by atoms with van der Waals surface area (Å²) in [6.45, 7) is 4.19. The number of rotatable bonds is 4. The van der Waals surface area contributed by atoms with Gasteiger partial charge >= 0.3 is 0 Å². The molecule has 0 aromatic heterocycles. The highest BCUT2D eigenvalue weighted by molar-refractivity contribution is 9.10. The molecule has 1 amide bonds. The second-order valence-corrected chi connectivity index (χ2v) is 7.46. The van der Waals surface area contributed by atoms with Crippen LogP contribution < -0.4 is 5.32 Å². The number of hydrogen-bond donors (Lipinski definition) is 1. The molecule has 1 aliphatic rings. The summed E-state index contributed by atoms with van der Waals surface area (Å²) in [6.07, 6.45) is 0.0659. The Labute approximate surface area is 156 Å². The van der Waals surface area contributed by atoms with Gasteiger partial charge in [-0.25, -0.2) is 0 Å². The van der Waals surface area contributed by atoms with Crippen LogP contribution in [0.15, 0.2) is 59.1 Å². The number of halogens is 1. The highest BCUT2D eigenvalue weighted by Gasteiger charge is 2.38. The lowest BCUT2D eigenvalue weighted by Crippen LogP contribution is -2.52. The molecule has 0 bridgehead atoms. The SMILES string of the molecule is CC1(C)OC[C@H](NC(=O)Cc2ccccc2Br)[C@H](c2ccccc2)O1. The van der Waals surface area contributed by atoms with Crippen LogP contribution in [0.4, 0.5) is 0 Å². The molecule has 1 heterocycles. The molecule has 5 heteroatoms. The van der Waals surface area contributed by atoms with Crippen LogP contribution >= 0.6 is 15.9 Å². The third-order valence-electron chi connectivity index (χ3n) is 4.17. The first kappa shape index (κ1) is 18.1. The molecule has 2 aromatic rings. The van der Waals surface area contributed by atoms with E-state index in [1.54, 1.807) is 0 Å². The molecule has 1 N–H and O–H groups in total. The normalized spacial score (nSPS) is 22.4. The second kappa shape index (κ2) is 7.68. The van der Waals surface area contributed by atoms with Crippen LogP contribution in [-0.4, -0.2) is 24.3 Å². The van der Waals surface area contributed by atoms with Gasteiger partial charge in [0.15, 0.2) is 5.79 Å². The van der Waals surface area contributed by atoms with E-state index in [0.29, 0.717) is 13.0 Å². The first-order chi connectivity index (χ1) is 11.9. The van der Waals surface area contributed by atoms with E-state index in [0.717, 1.165) is 15.6 Å². The maximum Gasteiger partial charge on any atom is 0.224 e. The summed E-state index contributed by atoms with van der Waals surface area (Å²) < 4.78 is 12.8. The molecule has 0 aliphatic carbocycles. The average molecular weight is 404 g/mol. The van der Waals surface area contributed by atoms with Crippen molar-refractivity contribution in [2.75, 3.05) is 6.61 Å². The van der Waals surface area contributed by atoms with E-state index in [-0.39, 0.29) is 18.1 Å². The van der Waals surface area contributed by atoms with Crippen molar-refractivity contribution >= 4 is 21.8 Å². The van der Waals surface area contributed by atoms with Gasteiger partial charge in [0.1, 0.15) is 6.10 Å². The van der Waals surface area contributed by atoms with Gasteiger partial charge in [-0.3, -0.25) is 4.79 Å². The van der Waals surface area contributed by atoms with Crippen LogP contribution in [0.25, 0.3) is 0 Å². The fourth-order valence-electron chi connectivity index (χ4n) is 2.93. The molecule has 1 saturated heterocycles. The zero-order chi connectivity index (χ0) is 17.9. The van der Waals surface area contributed by atoms with Crippen molar-refractivity contribution in [3.63, 3.8) is 0 Å². The molecule has 132 valence electrons. The van der Waals surface area contributed by atoms with Crippen molar-refractivity contribution < 1.29 is 14.3 Å². The molecule has 4 nitrogen and oxygen atoms in total. The Balaban J connectivity index is 1.73. The minimum absolute atomic E-state index is 0.0512. The average Bonchev–Trinajstić information content (AvgIpc) is 2.59. The van der Waals surface area contributed by atoms with Crippen LogP contribution in [0.2, 0.25) is 0 Å². The van der Waals surface area contributed by atoms with Gasteiger partial charge in [-0.05, 0) is 31.0 Å². The van der Waals surface area contributed by atoms with Crippen molar-refractivity contribution in [3.8, 4) is 0 Å². The molecular weight excluding hydrogens is 382 g/mol. The highest BCUT2D eigenvalue weighted by atomic mass is 79.9. The molecule has 0 radical (unpaired) electrons. The number of benzene rings is 2. The van der Waals surface area contributed by atoms with Crippen molar-refractivity contribution in [2.24, 2.45) is 0 Å². The van der Waals surface area contributed by atoms with E-state index in [1.807, 2.05) is 68.4 Å². The fourth-order valence-corrected chi connectivity index (χ4v) is 3.36. The van der Waals surface area contributed by atoms with E-state index in [9.17, 15) is 4.79 Å². The zero-order valence-electron chi connectivity index (χ0n) is 14.4. The summed E-state index contributed by atoms with van der Waals surface area (Å²) in [5, 5.41) is 3.07. The number of ether oxygens (including phenoxy) is 2. The van der Waals surface area contributed by atoms with E-state index >= 15 is 0 Å². The van der Waals surface area contributed by atoms with Gasteiger partial charge in [-0.15, -0.1) is 0 Å². The van der Waals surface area contributed by atoms with E-state index < -0.39 is 5.79 Å². The van der Waals surface area contributed by atoms with Crippen LogP contribution in [0, 0.1) is 0 Å². The van der Waals surface area contributed by atoms with Crippen LogP contribution in [0.3, 0.4) is 0 Å². The van der Waals surface area contributed by atoms with Gasteiger partial charge in [-0.1, -0.05) is 64.5 Å². The first-order valence-corrected chi connectivity index (χ1v) is 9.13. The lowest BCUT2D eigenvalue weighted by molar-refractivity contribution is -0.284. The molecule has 2 atom stereocenters. The van der Waals surface area contributed by atoms with Crippen molar-refractivity contribution in [1.82, 2.24) is 5.32 Å². The number of hydrogen-bond acceptors (Lipinski definition) is 3. The number of nitrogens with one attached hydrogen (secondary N) is 1.